The second-order valence-electron chi connectivity index (χ2n) is 5.29. The number of hydrogen-bond donors (Lipinski definition) is 2. The van der Waals surface area contributed by atoms with Crippen molar-refractivity contribution < 1.29 is 9.90 Å². The molecule has 20 heavy (non-hydrogen) atoms. The molecule has 2 rings (SSSR count). The molecule has 1 aliphatic rings. The molecule has 1 heterocycles. The zero-order valence-corrected chi connectivity index (χ0v) is 12.0. The van der Waals surface area contributed by atoms with E-state index in [0.29, 0.717) is 17.9 Å². The topological polar surface area (TPSA) is 79.5 Å². The van der Waals surface area contributed by atoms with Crippen molar-refractivity contribution in [3.05, 3.63) is 23.4 Å². The monoisotopic (exact) mass is 277 g/mol. The first-order valence-electron chi connectivity index (χ1n) is 7.34. The highest BCUT2D eigenvalue weighted by Gasteiger charge is 2.27. The third-order valence-electron chi connectivity index (χ3n) is 3.87. The van der Waals surface area contributed by atoms with Crippen molar-refractivity contribution in [2.24, 2.45) is 0 Å². The third-order valence-corrected chi connectivity index (χ3v) is 3.87. The number of hydrogen-bond acceptors (Lipinski definition) is 4. The molecule has 1 aromatic rings. The van der Waals surface area contributed by atoms with Crippen LogP contribution in [0.3, 0.4) is 0 Å². The summed E-state index contributed by atoms with van der Waals surface area (Å²) in [6.45, 7) is 2.36. The van der Waals surface area contributed by atoms with Gasteiger partial charge in [-0.25, -0.2) is 4.98 Å². The molecular weight excluding hydrogens is 254 g/mol. The van der Waals surface area contributed by atoms with Crippen molar-refractivity contribution in [2.45, 2.75) is 45.1 Å². The fourth-order valence-corrected chi connectivity index (χ4v) is 2.85. The third kappa shape index (κ3) is 3.28. The van der Waals surface area contributed by atoms with Crippen LogP contribution < -0.4 is 5.73 Å². The molecule has 1 saturated carbocycles. The van der Waals surface area contributed by atoms with Crippen molar-refractivity contribution >= 4 is 11.7 Å². The van der Waals surface area contributed by atoms with Gasteiger partial charge < -0.3 is 15.7 Å². The Hall–Kier alpha value is -1.62. The molecule has 1 aromatic heterocycles. The molecule has 0 spiro atoms. The summed E-state index contributed by atoms with van der Waals surface area (Å²) < 4.78 is 0. The number of aliphatic hydroxyl groups excluding tert-OH is 1. The minimum atomic E-state index is -0.0465. The second-order valence-corrected chi connectivity index (χ2v) is 5.29. The summed E-state index contributed by atoms with van der Waals surface area (Å²) in [6.07, 6.45) is 5.09. The summed E-state index contributed by atoms with van der Waals surface area (Å²) in [5, 5.41) is 9.22. The molecule has 0 radical (unpaired) electrons. The number of anilines is 1. The minimum Gasteiger partial charge on any atom is -0.395 e. The van der Waals surface area contributed by atoms with Gasteiger partial charge in [-0.2, -0.15) is 0 Å². The van der Waals surface area contributed by atoms with E-state index in [-0.39, 0.29) is 18.6 Å². The number of amides is 1. The Morgan fingerprint density at radius 2 is 2.15 bits per heavy atom. The van der Waals surface area contributed by atoms with Gasteiger partial charge in [-0.1, -0.05) is 19.8 Å². The van der Waals surface area contributed by atoms with Crippen LogP contribution >= 0.6 is 0 Å². The minimum absolute atomic E-state index is 0.0105. The Kier molecular flexibility index (Phi) is 4.95. The molecule has 5 heteroatoms. The molecule has 0 atom stereocenters. The number of carbonyl (C=O) groups excluding carboxylic acids is 1. The van der Waals surface area contributed by atoms with Gasteiger partial charge in [0.1, 0.15) is 5.82 Å². The predicted molar refractivity (Wildman–Crippen MR) is 78.4 cm³/mol. The van der Waals surface area contributed by atoms with Gasteiger partial charge >= 0.3 is 0 Å². The Morgan fingerprint density at radius 1 is 1.45 bits per heavy atom. The number of nitrogen functional groups attached to an aromatic ring is 1. The van der Waals surface area contributed by atoms with Crippen LogP contribution in [0.1, 0.15) is 48.7 Å². The van der Waals surface area contributed by atoms with E-state index in [9.17, 15) is 9.90 Å². The molecule has 1 aliphatic carbocycles. The SMILES string of the molecule is CCc1cc(C(=O)N(CCO)C2CCCC2)cc(N)n1. The van der Waals surface area contributed by atoms with E-state index in [1.807, 2.05) is 6.92 Å². The number of rotatable bonds is 5. The first kappa shape index (κ1) is 14.8. The highest BCUT2D eigenvalue weighted by Crippen LogP contribution is 2.25. The second kappa shape index (κ2) is 6.70. The number of aromatic nitrogens is 1. The van der Waals surface area contributed by atoms with Gasteiger partial charge in [0.05, 0.1) is 6.61 Å². The van der Waals surface area contributed by atoms with Crippen LogP contribution in [0.4, 0.5) is 5.82 Å². The lowest BCUT2D eigenvalue weighted by Crippen LogP contribution is -2.40. The summed E-state index contributed by atoms with van der Waals surface area (Å²) >= 11 is 0. The predicted octanol–water partition coefficient (Wildman–Crippen LogP) is 1.60. The number of aryl methyl sites for hydroxylation is 1. The Balaban J connectivity index is 2.24. The zero-order chi connectivity index (χ0) is 14.5. The molecule has 0 saturated heterocycles. The molecule has 0 aromatic carbocycles. The maximum absolute atomic E-state index is 12.7. The van der Waals surface area contributed by atoms with Gasteiger partial charge in [0, 0.05) is 23.8 Å². The highest BCUT2D eigenvalue weighted by molar-refractivity contribution is 5.95. The quantitative estimate of drug-likeness (QED) is 0.857. The van der Waals surface area contributed by atoms with E-state index in [2.05, 4.69) is 4.98 Å². The fourth-order valence-electron chi connectivity index (χ4n) is 2.85. The first-order chi connectivity index (χ1) is 9.65. The molecule has 110 valence electrons. The van der Waals surface area contributed by atoms with Crippen molar-refractivity contribution in [1.29, 1.82) is 0 Å². The normalized spacial score (nSPS) is 15.5. The first-order valence-corrected chi connectivity index (χ1v) is 7.34. The maximum atomic E-state index is 12.7. The van der Waals surface area contributed by atoms with E-state index >= 15 is 0 Å². The van der Waals surface area contributed by atoms with Crippen LogP contribution in [0.5, 0.6) is 0 Å². The maximum Gasteiger partial charge on any atom is 0.254 e. The average Bonchev–Trinajstić information content (AvgIpc) is 2.97. The van der Waals surface area contributed by atoms with Crippen LogP contribution in [-0.4, -0.2) is 40.1 Å². The number of aliphatic hydroxyl groups is 1. The summed E-state index contributed by atoms with van der Waals surface area (Å²) in [5.41, 5.74) is 7.17. The van der Waals surface area contributed by atoms with Crippen LogP contribution in [0.15, 0.2) is 12.1 Å². The van der Waals surface area contributed by atoms with Gasteiger partial charge in [0.15, 0.2) is 0 Å². The molecular formula is C15H23N3O2. The molecule has 1 amide bonds. The van der Waals surface area contributed by atoms with Gasteiger partial charge in [-0.05, 0) is 31.4 Å². The highest BCUT2D eigenvalue weighted by atomic mass is 16.3. The zero-order valence-electron chi connectivity index (χ0n) is 12.0. The number of nitrogens with two attached hydrogens (primary N) is 1. The molecule has 0 aliphatic heterocycles. The van der Waals surface area contributed by atoms with Crippen LogP contribution in [0, 0.1) is 0 Å². The van der Waals surface area contributed by atoms with Crippen molar-refractivity contribution in [2.75, 3.05) is 18.9 Å². The molecule has 0 bridgehead atoms. The van der Waals surface area contributed by atoms with Crippen LogP contribution in [0.25, 0.3) is 0 Å². The standard InChI is InChI=1S/C15H23N3O2/c1-2-12-9-11(10-14(16)17-12)15(20)18(7-8-19)13-5-3-4-6-13/h9-10,13,19H,2-8H2,1H3,(H2,16,17). The van der Waals surface area contributed by atoms with Gasteiger partial charge in [0.2, 0.25) is 0 Å². The molecule has 1 fully saturated rings. The summed E-state index contributed by atoms with van der Waals surface area (Å²) in [4.78, 5) is 18.7. The van der Waals surface area contributed by atoms with Crippen molar-refractivity contribution in [3.8, 4) is 0 Å². The van der Waals surface area contributed by atoms with E-state index in [4.69, 9.17) is 5.73 Å². The summed E-state index contributed by atoms with van der Waals surface area (Å²) in [7, 11) is 0. The molecule has 3 N–H and O–H groups in total. The van der Waals surface area contributed by atoms with Crippen LogP contribution in [-0.2, 0) is 6.42 Å². The number of carbonyl (C=O) groups is 1. The fraction of sp³-hybridized carbons (Fsp3) is 0.600. The van der Waals surface area contributed by atoms with E-state index in [1.54, 1.807) is 17.0 Å². The molecule has 5 nitrogen and oxygen atoms in total. The number of nitrogens with zero attached hydrogens (tertiary/aromatic N) is 2. The lowest BCUT2D eigenvalue weighted by Gasteiger charge is -2.28. The lowest BCUT2D eigenvalue weighted by molar-refractivity contribution is 0.0638. The number of pyridine rings is 1. The largest absolute Gasteiger partial charge is 0.395 e. The Labute approximate surface area is 119 Å². The summed E-state index contributed by atoms with van der Waals surface area (Å²) in [6, 6.07) is 3.67. The van der Waals surface area contributed by atoms with Gasteiger partial charge in [0.25, 0.3) is 5.91 Å². The Bertz CT molecular complexity index is 470. The smallest absolute Gasteiger partial charge is 0.254 e. The van der Waals surface area contributed by atoms with E-state index in [1.165, 1.54) is 0 Å². The van der Waals surface area contributed by atoms with Crippen LogP contribution in [0.2, 0.25) is 0 Å². The average molecular weight is 277 g/mol. The molecule has 0 unspecified atom stereocenters. The van der Waals surface area contributed by atoms with E-state index in [0.717, 1.165) is 37.8 Å². The lowest BCUT2D eigenvalue weighted by atomic mass is 10.1. The van der Waals surface area contributed by atoms with Crippen molar-refractivity contribution in [1.82, 2.24) is 9.88 Å². The van der Waals surface area contributed by atoms with Crippen molar-refractivity contribution in [3.63, 3.8) is 0 Å². The van der Waals surface area contributed by atoms with Gasteiger partial charge in [-0.3, -0.25) is 4.79 Å². The van der Waals surface area contributed by atoms with Gasteiger partial charge in [-0.15, -0.1) is 0 Å². The van der Waals surface area contributed by atoms with E-state index < -0.39 is 0 Å². The Morgan fingerprint density at radius 3 is 2.75 bits per heavy atom. The summed E-state index contributed by atoms with van der Waals surface area (Å²) in [5.74, 6) is 0.331.